The number of anilines is 1. The third kappa shape index (κ3) is 1.98. The average molecular weight is 196 g/mol. The number of nitriles is 1. The highest BCUT2D eigenvalue weighted by atomic mass is 32.2. The fraction of sp³-hybridized carbons (Fsp3) is 0.125. The van der Waals surface area contributed by atoms with Gasteiger partial charge in [0, 0.05) is 0 Å². The largest absolute Gasteiger partial charge is 0.398 e. The van der Waals surface area contributed by atoms with E-state index >= 15 is 0 Å². The van der Waals surface area contributed by atoms with Crippen LogP contribution in [0.5, 0.6) is 0 Å². The van der Waals surface area contributed by atoms with E-state index in [1.807, 2.05) is 0 Å². The van der Waals surface area contributed by atoms with Crippen LogP contribution in [0.4, 0.5) is 5.69 Å². The first-order valence-electron chi connectivity index (χ1n) is 3.52. The quantitative estimate of drug-likeness (QED) is 0.700. The second kappa shape index (κ2) is 3.46. The van der Waals surface area contributed by atoms with Crippen molar-refractivity contribution in [1.29, 1.82) is 5.26 Å². The molecule has 0 fully saturated rings. The van der Waals surface area contributed by atoms with E-state index in [1.54, 1.807) is 18.2 Å². The highest BCUT2D eigenvalue weighted by Gasteiger charge is 2.15. The second-order valence-corrected chi connectivity index (χ2v) is 4.41. The molecule has 0 heterocycles. The van der Waals surface area contributed by atoms with E-state index in [4.69, 9.17) is 11.0 Å². The van der Waals surface area contributed by atoms with E-state index < -0.39 is 15.6 Å². The molecule has 0 radical (unpaired) electrons. The van der Waals surface area contributed by atoms with Crippen molar-refractivity contribution in [3.8, 4) is 6.07 Å². The van der Waals surface area contributed by atoms with Gasteiger partial charge in [0.25, 0.3) is 0 Å². The minimum absolute atomic E-state index is 0.0246. The lowest BCUT2D eigenvalue weighted by Crippen LogP contribution is -2.07. The number of benzene rings is 1. The predicted molar refractivity (Wildman–Crippen MR) is 48.5 cm³/mol. The van der Waals surface area contributed by atoms with E-state index in [2.05, 4.69) is 0 Å². The van der Waals surface area contributed by atoms with Crippen molar-refractivity contribution in [2.24, 2.45) is 0 Å². The lowest BCUT2D eigenvalue weighted by molar-refractivity contribution is 0.599. The molecule has 13 heavy (non-hydrogen) atoms. The van der Waals surface area contributed by atoms with Gasteiger partial charge < -0.3 is 5.73 Å². The van der Waals surface area contributed by atoms with E-state index in [1.165, 1.54) is 12.1 Å². The molecule has 1 rings (SSSR count). The first kappa shape index (κ1) is 9.55. The Balaban J connectivity index is 3.25. The molecule has 0 unspecified atom stereocenters. The van der Waals surface area contributed by atoms with Gasteiger partial charge in [-0.15, -0.1) is 0 Å². The molecule has 4 nitrogen and oxygen atoms in total. The van der Waals surface area contributed by atoms with Crippen LogP contribution in [0.3, 0.4) is 0 Å². The van der Waals surface area contributed by atoms with Crippen LogP contribution in [0.2, 0.25) is 0 Å². The molecule has 0 bridgehead atoms. The molecule has 0 aromatic heterocycles. The van der Waals surface area contributed by atoms with Crippen LogP contribution in [-0.2, 0) is 9.84 Å². The van der Waals surface area contributed by atoms with E-state index in [0.717, 1.165) is 0 Å². The lowest BCUT2D eigenvalue weighted by atomic mass is 10.3. The minimum atomic E-state index is -3.53. The zero-order valence-corrected chi connectivity index (χ0v) is 7.58. The number of sulfone groups is 1. The van der Waals surface area contributed by atoms with Gasteiger partial charge in [0.2, 0.25) is 0 Å². The molecule has 0 saturated carbocycles. The van der Waals surface area contributed by atoms with Crippen molar-refractivity contribution < 1.29 is 8.42 Å². The molecular formula is C8H8N2O2S. The first-order valence-corrected chi connectivity index (χ1v) is 5.17. The number of nitrogens with two attached hydrogens (primary N) is 1. The molecule has 1 aromatic rings. The van der Waals surface area contributed by atoms with E-state index in [-0.39, 0.29) is 10.6 Å². The van der Waals surface area contributed by atoms with Crippen LogP contribution in [0.25, 0.3) is 0 Å². The summed E-state index contributed by atoms with van der Waals surface area (Å²) in [6.07, 6.45) is 0. The molecular weight excluding hydrogens is 188 g/mol. The summed E-state index contributed by atoms with van der Waals surface area (Å²) < 4.78 is 22.7. The smallest absolute Gasteiger partial charge is 0.193 e. The molecule has 0 aliphatic heterocycles. The Hall–Kier alpha value is -1.54. The Kier molecular flexibility index (Phi) is 2.54. The van der Waals surface area contributed by atoms with E-state index in [9.17, 15) is 8.42 Å². The van der Waals surface area contributed by atoms with Crippen LogP contribution in [-0.4, -0.2) is 14.2 Å². The van der Waals surface area contributed by atoms with Crippen LogP contribution in [0.15, 0.2) is 29.2 Å². The molecule has 0 aliphatic rings. The number of nitrogen functional groups attached to an aromatic ring is 1. The first-order chi connectivity index (χ1) is 6.08. The maximum Gasteiger partial charge on any atom is 0.193 e. The summed E-state index contributed by atoms with van der Waals surface area (Å²) in [4.78, 5) is 0.0246. The fourth-order valence-electron chi connectivity index (χ4n) is 0.926. The molecule has 5 heteroatoms. The Morgan fingerprint density at radius 1 is 1.38 bits per heavy atom. The number of hydrogen-bond donors (Lipinski definition) is 1. The van der Waals surface area contributed by atoms with Crippen molar-refractivity contribution in [2.45, 2.75) is 4.90 Å². The van der Waals surface area contributed by atoms with Gasteiger partial charge in [-0.05, 0) is 12.1 Å². The predicted octanol–water partition coefficient (Wildman–Crippen LogP) is 0.566. The molecule has 0 spiro atoms. The molecule has 1 aromatic carbocycles. The van der Waals surface area contributed by atoms with Gasteiger partial charge in [0.1, 0.15) is 5.75 Å². The van der Waals surface area contributed by atoms with Crippen LogP contribution in [0.1, 0.15) is 0 Å². The van der Waals surface area contributed by atoms with Crippen molar-refractivity contribution in [2.75, 3.05) is 11.5 Å². The third-order valence-corrected chi connectivity index (χ3v) is 3.06. The number of nitrogens with zero attached hydrogens (tertiary/aromatic N) is 1. The van der Waals surface area contributed by atoms with Gasteiger partial charge in [0.15, 0.2) is 9.84 Å². The van der Waals surface area contributed by atoms with Crippen LogP contribution < -0.4 is 5.73 Å². The monoisotopic (exact) mass is 196 g/mol. The zero-order valence-electron chi connectivity index (χ0n) is 6.77. The number of para-hydroxylation sites is 1. The minimum Gasteiger partial charge on any atom is -0.398 e. The van der Waals surface area contributed by atoms with Crippen molar-refractivity contribution in [3.63, 3.8) is 0 Å². The zero-order chi connectivity index (χ0) is 9.90. The van der Waals surface area contributed by atoms with E-state index in [0.29, 0.717) is 0 Å². The number of rotatable bonds is 2. The average Bonchev–Trinajstić information content (AvgIpc) is 2.04. The highest BCUT2D eigenvalue weighted by Crippen LogP contribution is 2.17. The van der Waals surface area contributed by atoms with Gasteiger partial charge in [0.05, 0.1) is 16.7 Å². The van der Waals surface area contributed by atoms with Crippen molar-refractivity contribution in [3.05, 3.63) is 24.3 Å². The maximum atomic E-state index is 11.4. The molecule has 0 saturated heterocycles. The molecule has 0 aliphatic carbocycles. The summed E-state index contributed by atoms with van der Waals surface area (Å²) in [6.45, 7) is 0. The van der Waals surface area contributed by atoms with Crippen molar-refractivity contribution >= 4 is 15.5 Å². The van der Waals surface area contributed by atoms with Gasteiger partial charge in [-0.3, -0.25) is 0 Å². The topological polar surface area (TPSA) is 84.0 Å². The molecule has 2 N–H and O–H groups in total. The summed E-state index contributed by atoms with van der Waals surface area (Å²) >= 11 is 0. The standard InChI is InChI=1S/C8H8N2O2S/c9-5-6-13(11,12)8-4-2-1-3-7(8)10/h1-4H,6,10H2. The summed E-state index contributed by atoms with van der Waals surface area (Å²) in [6, 6.07) is 7.68. The summed E-state index contributed by atoms with van der Waals surface area (Å²) in [5.74, 6) is -0.540. The van der Waals surface area contributed by atoms with Crippen molar-refractivity contribution in [1.82, 2.24) is 0 Å². The summed E-state index contributed by atoms with van der Waals surface area (Å²) in [5.41, 5.74) is 5.63. The Bertz CT molecular complexity index is 445. The van der Waals surface area contributed by atoms with Crippen LogP contribution >= 0.6 is 0 Å². The SMILES string of the molecule is N#CCS(=O)(=O)c1ccccc1N. The molecule has 68 valence electrons. The summed E-state index contributed by atoms with van der Waals surface area (Å²) in [5, 5.41) is 8.28. The van der Waals surface area contributed by atoms with Gasteiger partial charge in [-0.2, -0.15) is 5.26 Å². The third-order valence-electron chi connectivity index (χ3n) is 1.51. The second-order valence-electron chi connectivity index (χ2n) is 2.46. The van der Waals surface area contributed by atoms with Gasteiger partial charge >= 0.3 is 0 Å². The Labute approximate surface area is 76.5 Å². The lowest BCUT2D eigenvalue weighted by Gasteiger charge is -2.02. The Morgan fingerprint density at radius 3 is 2.54 bits per heavy atom. The maximum absolute atomic E-state index is 11.4. The highest BCUT2D eigenvalue weighted by molar-refractivity contribution is 7.91. The van der Waals surface area contributed by atoms with Gasteiger partial charge in [-0.25, -0.2) is 8.42 Å². The normalized spacial score (nSPS) is 10.7. The van der Waals surface area contributed by atoms with Gasteiger partial charge in [-0.1, -0.05) is 12.1 Å². The fourth-order valence-corrected chi connectivity index (χ4v) is 1.97. The summed E-state index contributed by atoms with van der Waals surface area (Å²) in [7, 11) is -3.53. The molecule has 0 amide bonds. The number of hydrogen-bond acceptors (Lipinski definition) is 4. The van der Waals surface area contributed by atoms with Crippen LogP contribution in [0, 0.1) is 11.3 Å². The molecule has 0 atom stereocenters. The Morgan fingerprint density at radius 2 is 2.00 bits per heavy atom.